The van der Waals surface area contributed by atoms with Crippen molar-refractivity contribution in [1.29, 1.82) is 0 Å². The highest BCUT2D eigenvalue weighted by molar-refractivity contribution is 5.91. The van der Waals surface area contributed by atoms with Gasteiger partial charge in [-0.1, -0.05) is 13.8 Å². The lowest BCUT2D eigenvalue weighted by Crippen LogP contribution is -2.22. The number of carboxylic acid groups (broad SMARTS) is 1. The van der Waals surface area contributed by atoms with Gasteiger partial charge < -0.3 is 10.4 Å². The molecule has 2 N–H and O–H groups in total. The third-order valence-corrected chi connectivity index (χ3v) is 3.76. The minimum atomic E-state index is -0.984. The molecule has 2 rings (SSSR count). The molecule has 0 radical (unpaired) electrons. The molecule has 0 spiro atoms. The summed E-state index contributed by atoms with van der Waals surface area (Å²) in [6.07, 6.45) is 3.95. The van der Waals surface area contributed by atoms with Crippen molar-refractivity contribution in [2.75, 3.05) is 11.9 Å². The van der Waals surface area contributed by atoms with Crippen molar-refractivity contribution in [3.63, 3.8) is 0 Å². The zero-order valence-electron chi connectivity index (χ0n) is 10.2. The van der Waals surface area contributed by atoms with Crippen LogP contribution in [0.1, 0.15) is 37.2 Å². The lowest BCUT2D eigenvalue weighted by Gasteiger charge is -2.21. The highest BCUT2D eigenvalue weighted by atomic mass is 16.4. The summed E-state index contributed by atoms with van der Waals surface area (Å²) in [7, 11) is 0. The fourth-order valence-electron chi connectivity index (χ4n) is 2.11. The molecule has 1 fully saturated rings. The van der Waals surface area contributed by atoms with Gasteiger partial charge in [0.2, 0.25) is 0 Å². The average molecular weight is 234 g/mol. The molecule has 0 unspecified atom stereocenters. The molecule has 4 nitrogen and oxygen atoms in total. The summed E-state index contributed by atoms with van der Waals surface area (Å²) >= 11 is 0. The zero-order chi connectivity index (χ0) is 12.5. The summed E-state index contributed by atoms with van der Waals surface area (Å²) in [5.41, 5.74) is 1.07. The number of anilines is 1. The van der Waals surface area contributed by atoms with Crippen LogP contribution in [-0.2, 0) is 0 Å². The Balaban J connectivity index is 2.07. The van der Waals surface area contributed by atoms with Gasteiger partial charge in [0.15, 0.2) is 5.69 Å². The lowest BCUT2D eigenvalue weighted by atomic mass is 9.92. The number of carbonyl (C=O) groups is 1. The van der Waals surface area contributed by atoms with E-state index < -0.39 is 5.97 Å². The number of nitrogens with one attached hydrogen (secondary N) is 1. The van der Waals surface area contributed by atoms with Gasteiger partial charge in [0.05, 0.1) is 5.69 Å². The van der Waals surface area contributed by atoms with Crippen LogP contribution in [0, 0.1) is 11.3 Å². The van der Waals surface area contributed by atoms with Crippen LogP contribution in [0.3, 0.4) is 0 Å². The second kappa shape index (κ2) is 4.35. The van der Waals surface area contributed by atoms with Crippen molar-refractivity contribution in [3.8, 4) is 0 Å². The number of hydrogen-bond donors (Lipinski definition) is 2. The molecule has 1 aliphatic carbocycles. The normalized spacial score (nSPS) is 16.9. The van der Waals surface area contributed by atoms with Crippen LogP contribution < -0.4 is 5.32 Å². The van der Waals surface area contributed by atoms with Gasteiger partial charge in [-0.2, -0.15) is 0 Å². The van der Waals surface area contributed by atoms with Gasteiger partial charge in [-0.3, -0.25) is 0 Å². The second-order valence-corrected chi connectivity index (χ2v) is 5.08. The first-order chi connectivity index (χ1) is 8.05. The van der Waals surface area contributed by atoms with Gasteiger partial charge in [-0.25, -0.2) is 9.78 Å². The molecule has 1 aromatic rings. The Morgan fingerprint density at radius 2 is 2.29 bits per heavy atom. The Hall–Kier alpha value is -1.58. The predicted molar refractivity (Wildman–Crippen MR) is 66.2 cm³/mol. The van der Waals surface area contributed by atoms with E-state index in [9.17, 15) is 4.79 Å². The number of aromatic carboxylic acids is 1. The number of aromatic nitrogens is 1. The van der Waals surface area contributed by atoms with Crippen LogP contribution >= 0.6 is 0 Å². The van der Waals surface area contributed by atoms with E-state index in [0.717, 1.165) is 6.54 Å². The van der Waals surface area contributed by atoms with Gasteiger partial charge in [0, 0.05) is 12.7 Å². The Morgan fingerprint density at radius 1 is 1.59 bits per heavy atom. The molecule has 0 aliphatic heterocycles. The largest absolute Gasteiger partial charge is 0.476 e. The molecular formula is C13H18N2O2. The number of pyridine rings is 1. The monoisotopic (exact) mass is 234 g/mol. The van der Waals surface area contributed by atoms with E-state index in [2.05, 4.69) is 24.1 Å². The van der Waals surface area contributed by atoms with Gasteiger partial charge in [-0.05, 0) is 36.3 Å². The Bertz CT molecular complexity index is 425. The number of rotatable bonds is 5. The quantitative estimate of drug-likeness (QED) is 0.822. The molecule has 0 amide bonds. The molecular weight excluding hydrogens is 216 g/mol. The van der Waals surface area contributed by atoms with E-state index in [1.165, 1.54) is 19.0 Å². The first kappa shape index (κ1) is 11.9. The molecule has 0 bridgehead atoms. The highest BCUT2D eigenvalue weighted by Gasteiger charge is 2.45. The van der Waals surface area contributed by atoms with Crippen molar-refractivity contribution in [2.24, 2.45) is 11.3 Å². The van der Waals surface area contributed by atoms with E-state index >= 15 is 0 Å². The first-order valence-corrected chi connectivity index (χ1v) is 5.97. The number of nitrogens with zero attached hydrogens (tertiary/aromatic N) is 1. The van der Waals surface area contributed by atoms with Crippen molar-refractivity contribution < 1.29 is 9.90 Å². The Kier molecular flexibility index (Phi) is 3.05. The predicted octanol–water partition coefficient (Wildman–Crippen LogP) is 2.63. The SMILES string of the molecule is CC(C)C1(CNc2cccnc2C(=O)O)CC1. The van der Waals surface area contributed by atoms with Crippen LogP contribution in [-0.4, -0.2) is 22.6 Å². The van der Waals surface area contributed by atoms with Gasteiger partial charge in [0.1, 0.15) is 0 Å². The van der Waals surface area contributed by atoms with E-state index in [-0.39, 0.29) is 5.69 Å². The summed E-state index contributed by atoms with van der Waals surface area (Å²) in [6.45, 7) is 5.27. The molecule has 1 aromatic heterocycles. The Morgan fingerprint density at radius 3 is 2.82 bits per heavy atom. The highest BCUT2D eigenvalue weighted by Crippen LogP contribution is 2.51. The van der Waals surface area contributed by atoms with Crippen LogP contribution in [0.5, 0.6) is 0 Å². The Labute approximate surface area is 101 Å². The summed E-state index contributed by atoms with van der Waals surface area (Å²) in [4.78, 5) is 14.9. The van der Waals surface area contributed by atoms with Crippen LogP contribution in [0.2, 0.25) is 0 Å². The fraction of sp³-hybridized carbons (Fsp3) is 0.538. The zero-order valence-corrected chi connectivity index (χ0v) is 10.2. The summed E-state index contributed by atoms with van der Waals surface area (Å²) in [6, 6.07) is 3.52. The summed E-state index contributed by atoms with van der Waals surface area (Å²) in [5.74, 6) is -0.359. The average Bonchev–Trinajstić information content (AvgIpc) is 3.07. The van der Waals surface area contributed by atoms with E-state index in [0.29, 0.717) is 17.0 Å². The molecule has 92 valence electrons. The van der Waals surface area contributed by atoms with Gasteiger partial charge in [0.25, 0.3) is 0 Å². The van der Waals surface area contributed by atoms with E-state index in [1.54, 1.807) is 12.1 Å². The first-order valence-electron chi connectivity index (χ1n) is 5.97. The molecule has 1 aliphatic rings. The smallest absolute Gasteiger partial charge is 0.356 e. The third-order valence-electron chi connectivity index (χ3n) is 3.76. The lowest BCUT2D eigenvalue weighted by molar-refractivity contribution is 0.0691. The van der Waals surface area contributed by atoms with Crippen molar-refractivity contribution in [1.82, 2.24) is 4.98 Å². The number of carboxylic acids is 1. The van der Waals surface area contributed by atoms with E-state index in [1.807, 2.05) is 0 Å². The molecule has 0 atom stereocenters. The van der Waals surface area contributed by atoms with Crippen molar-refractivity contribution in [2.45, 2.75) is 26.7 Å². The maximum Gasteiger partial charge on any atom is 0.356 e. The van der Waals surface area contributed by atoms with Crippen molar-refractivity contribution in [3.05, 3.63) is 24.0 Å². The fourth-order valence-corrected chi connectivity index (χ4v) is 2.11. The molecule has 0 saturated heterocycles. The topological polar surface area (TPSA) is 62.2 Å². The van der Waals surface area contributed by atoms with Crippen LogP contribution in [0.15, 0.2) is 18.3 Å². The van der Waals surface area contributed by atoms with Gasteiger partial charge in [-0.15, -0.1) is 0 Å². The minimum Gasteiger partial charge on any atom is -0.476 e. The molecule has 1 heterocycles. The summed E-state index contributed by atoms with van der Waals surface area (Å²) < 4.78 is 0. The summed E-state index contributed by atoms with van der Waals surface area (Å²) in [5, 5.41) is 12.3. The molecule has 0 aromatic carbocycles. The standard InChI is InChI=1S/C13H18N2O2/c1-9(2)13(5-6-13)8-15-10-4-3-7-14-11(10)12(16)17/h3-4,7,9,15H,5-6,8H2,1-2H3,(H,16,17). The van der Waals surface area contributed by atoms with Crippen LogP contribution in [0.25, 0.3) is 0 Å². The van der Waals surface area contributed by atoms with E-state index in [4.69, 9.17) is 5.11 Å². The molecule has 4 heteroatoms. The molecule has 1 saturated carbocycles. The maximum absolute atomic E-state index is 11.0. The molecule has 17 heavy (non-hydrogen) atoms. The van der Waals surface area contributed by atoms with Gasteiger partial charge >= 0.3 is 5.97 Å². The second-order valence-electron chi connectivity index (χ2n) is 5.08. The maximum atomic E-state index is 11.0. The van der Waals surface area contributed by atoms with Crippen LogP contribution in [0.4, 0.5) is 5.69 Å². The number of hydrogen-bond acceptors (Lipinski definition) is 3. The van der Waals surface area contributed by atoms with Crippen molar-refractivity contribution >= 4 is 11.7 Å². The minimum absolute atomic E-state index is 0.104. The third kappa shape index (κ3) is 2.40.